The molecule has 2 heterocycles. The molecule has 0 saturated carbocycles. The molecule has 1 saturated heterocycles. The van der Waals surface area contributed by atoms with E-state index in [9.17, 15) is 4.79 Å². The molecule has 0 atom stereocenters. The van der Waals surface area contributed by atoms with Crippen molar-refractivity contribution in [2.45, 2.75) is 27.3 Å². The number of anilines is 1. The van der Waals surface area contributed by atoms with E-state index in [0.717, 1.165) is 48.7 Å². The second-order valence-electron chi connectivity index (χ2n) is 6.81. The van der Waals surface area contributed by atoms with Crippen molar-refractivity contribution in [3.8, 4) is 11.3 Å². The molecule has 0 aliphatic carbocycles. The lowest BCUT2D eigenvalue weighted by Crippen LogP contribution is -2.47. The van der Waals surface area contributed by atoms with Gasteiger partial charge in [-0.05, 0) is 12.8 Å². The highest BCUT2D eigenvalue weighted by Gasteiger charge is 2.22. The fourth-order valence-corrected chi connectivity index (χ4v) is 3.24. The van der Waals surface area contributed by atoms with E-state index in [-0.39, 0.29) is 30.4 Å². The van der Waals surface area contributed by atoms with Crippen LogP contribution in [0.3, 0.4) is 0 Å². The Morgan fingerprint density at radius 3 is 2.31 bits per heavy atom. The number of piperazine rings is 1. The summed E-state index contributed by atoms with van der Waals surface area (Å²) in [6.45, 7) is 10.4. The maximum Gasteiger partial charge on any atom is 0.290 e. The zero-order valence-electron chi connectivity index (χ0n) is 15.6. The Labute approximate surface area is 167 Å². The molecule has 144 valence electrons. The van der Waals surface area contributed by atoms with Crippen molar-refractivity contribution in [1.29, 1.82) is 0 Å². The Hall–Kier alpha value is -1.56. The molecule has 1 aliphatic heterocycles. The summed E-state index contributed by atoms with van der Waals surface area (Å²) in [6.07, 6.45) is 0. The Morgan fingerprint density at radius 2 is 1.73 bits per heavy atom. The van der Waals surface area contributed by atoms with Crippen LogP contribution in [0.5, 0.6) is 0 Å². The van der Waals surface area contributed by atoms with Gasteiger partial charge in [0, 0.05) is 43.9 Å². The summed E-state index contributed by atoms with van der Waals surface area (Å²) in [7, 11) is 0. The van der Waals surface area contributed by atoms with Crippen molar-refractivity contribution >= 4 is 30.5 Å². The molecular weight excluding hydrogens is 371 g/mol. The highest BCUT2D eigenvalue weighted by molar-refractivity contribution is 5.85. The van der Waals surface area contributed by atoms with E-state index in [1.807, 2.05) is 25.1 Å². The minimum atomic E-state index is 0. The predicted molar refractivity (Wildman–Crippen MR) is 113 cm³/mol. The van der Waals surface area contributed by atoms with Gasteiger partial charge < -0.3 is 10.2 Å². The summed E-state index contributed by atoms with van der Waals surface area (Å²) in [5.41, 5.74) is 3.79. The number of nitrogens with one attached hydrogen (secondary N) is 1. The van der Waals surface area contributed by atoms with E-state index in [4.69, 9.17) is 5.10 Å². The average molecular weight is 399 g/mol. The van der Waals surface area contributed by atoms with Gasteiger partial charge in [0.2, 0.25) is 0 Å². The van der Waals surface area contributed by atoms with E-state index in [1.165, 1.54) is 0 Å². The number of halogens is 2. The van der Waals surface area contributed by atoms with Crippen LogP contribution >= 0.6 is 24.8 Å². The van der Waals surface area contributed by atoms with Crippen LogP contribution < -0.4 is 15.8 Å². The third-order valence-electron chi connectivity index (χ3n) is 4.39. The first-order valence-electron chi connectivity index (χ1n) is 8.70. The molecule has 1 fully saturated rings. The summed E-state index contributed by atoms with van der Waals surface area (Å²) in [4.78, 5) is 15.3. The van der Waals surface area contributed by atoms with Crippen LogP contribution in [0.1, 0.15) is 19.4 Å². The Kier molecular flexibility index (Phi) is 8.60. The van der Waals surface area contributed by atoms with Crippen molar-refractivity contribution < 1.29 is 0 Å². The summed E-state index contributed by atoms with van der Waals surface area (Å²) < 4.78 is 1.65. The quantitative estimate of drug-likeness (QED) is 0.859. The van der Waals surface area contributed by atoms with Crippen molar-refractivity contribution in [2.75, 3.05) is 31.1 Å². The van der Waals surface area contributed by atoms with Crippen LogP contribution in [0.2, 0.25) is 0 Å². The topological polar surface area (TPSA) is 50.2 Å². The van der Waals surface area contributed by atoms with E-state index in [2.05, 4.69) is 36.2 Å². The highest BCUT2D eigenvalue weighted by Crippen LogP contribution is 2.26. The molecule has 7 heteroatoms. The maximum absolute atomic E-state index is 13.0. The molecule has 0 amide bonds. The first-order valence-corrected chi connectivity index (χ1v) is 8.70. The number of hydrogen-bond donors (Lipinski definition) is 1. The van der Waals surface area contributed by atoms with Crippen molar-refractivity contribution in [3.63, 3.8) is 0 Å². The standard InChI is InChI=1S/C19H26N4O.2ClH/c1-14(2)13-23-19(24)18(22-11-9-20-10-12-22)15(3)17(21-23)16-7-5-4-6-8-16;;/h4-8,14,20H,9-13H2,1-3H3;2*1H. The smallest absolute Gasteiger partial charge is 0.290 e. The summed E-state index contributed by atoms with van der Waals surface area (Å²) >= 11 is 0. The van der Waals surface area contributed by atoms with Crippen molar-refractivity contribution in [1.82, 2.24) is 15.1 Å². The monoisotopic (exact) mass is 398 g/mol. The van der Waals surface area contributed by atoms with Gasteiger partial charge in [-0.25, -0.2) is 4.68 Å². The lowest BCUT2D eigenvalue weighted by Gasteiger charge is -2.31. The third-order valence-corrected chi connectivity index (χ3v) is 4.39. The maximum atomic E-state index is 13.0. The van der Waals surface area contributed by atoms with Gasteiger partial charge in [0.15, 0.2) is 0 Å². The average Bonchev–Trinajstić information content (AvgIpc) is 2.59. The van der Waals surface area contributed by atoms with Crippen LogP contribution in [0.4, 0.5) is 5.69 Å². The second-order valence-corrected chi connectivity index (χ2v) is 6.81. The minimum absolute atomic E-state index is 0. The highest BCUT2D eigenvalue weighted by atomic mass is 35.5. The molecule has 0 spiro atoms. The molecule has 2 aromatic rings. The first kappa shape index (κ1) is 22.5. The van der Waals surface area contributed by atoms with Crippen LogP contribution in [0.25, 0.3) is 11.3 Å². The normalized spacial score (nSPS) is 13.9. The van der Waals surface area contributed by atoms with Crippen LogP contribution in [-0.4, -0.2) is 36.0 Å². The van der Waals surface area contributed by atoms with E-state index in [1.54, 1.807) is 4.68 Å². The number of hydrogen-bond acceptors (Lipinski definition) is 4. The van der Waals surface area contributed by atoms with E-state index in [0.29, 0.717) is 12.5 Å². The fourth-order valence-electron chi connectivity index (χ4n) is 3.24. The Bertz CT molecular complexity index is 756. The van der Waals surface area contributed by atoms with Crippen LogP contribution in [0, 0.1) is 12.8 Å². The van der Waals surface area contributed by atoms with Gasteiger partial charge in [-0.15, -0.1) is 24.8 Å². The molecule has 1 aliphatic rings. The number of aromatic nitrogens is 2. The molecule has 1 N–H and O–H groups in total. The molecule has 0 bridgehead atoms. The van der Waals surface area contributed by atoms with E-state index >= 15 is 0 Å². The van der Waals surface area contributed by atoms with Gasteiger partial charge in [0.25, 0.3) is 5.56 Å². The lowest BCUT2D eigenvalue weighted by molar-refractivity contribution is 0.462. The number of rotatable bonds is 4. The van der Waals surface area contributed by atoms with Gasteiger partial charge in [0.1, 0.15) is 5.69 Å². The third kappa shape index (κ3) is 4.78. The molecule has 3 rings (SSSR count). The molecule has 26 heavy (non-hydrogen) atoms. The summed E-state index contributed by atoms with van der Waals surface area (Å²) in [6, 6.07) is 10.1. The first-order chi connectivity index (χ1) is 11.6. The van der Waals surface area contributed by atoms with Gasteiger partial charge in [-0.1, -0.05) is 44.2 Å². The van der Waals surface area contributed by atoms with Crippen molar-refractivity contribution in [2.24, 2.45) is 5.92 Å². The van der Waals surface area contributed by atoms with Crippen LogP contribution in [-0.2, 0) is 6.54 Å². The fraction of sp³-hybridized carbons (Fsp3) is 0.474. The van der Waals surface area contributed by atoms with E-state index < -0.39 is 0 Å². The second kappa shape index (κ2) is 9.95. The molecule has 0 radical (unpaired) electrons. The van der Waals surface area contributed by atoms with Gasteiger partial charge in [-0.2, -0.15) is 5.10 Å². The number of benzene rings is 1. The van der Waals surface area contributed by atoms with Gasteiger partial charge in [0.05, 0.1) is 5.69 Å². The zero-order valence-corrected chi connectivity index (χ0v) is 17.2. The Balaban J connectivity index is 0.00000169. The predicted octanol–water partition coefficient (Wildman–Crippen LogP) is 3.13. The molecule has 1 aromatic heterocycles. The molecule has 0 unspecified atom stereocenters. The van der Waals surface area contributed by atoms with Crippen molar-refractivity contribution in [3.05, 3.63) is 46.2 Å². The SMILES string of the molecule is Cc1c(-c2ccccc2)nn(CC(C)C)c(=O)c1N1CCNCC1.Cl.Cl. The minimum Gasteiger partial charge on any atom is -0.364 e. The van der Waals surface area contributed by atoms with Crippen LogP contribution in [0.15, 0.2) is 35.1 Å². The number of nitrogens with zero attached hydrogens (tertiary/aromatic N) is 3. The zero-order chi connectivity index (χ0) is 17.1. The molecular formula is C19H28Cl2N4O. The van der Waals surface area contributed by atoms with Gasteiger partial charge >= 0.3 is 0 Å². The summed E-state index contributed by atoms with van der Waals surface area (Å²) in [5, 5.41) is 8.05. The summed E-state index contributed by atoms with van der Waals surface area (Å²) in [5.74, 6) is 0.373. The van der Waals surface area contributed by atoms with Gasteiger partial charge in [-0.3, -0.25) is 4.79 Å². The largest absolute Gasteiger partial charge is 0.364 e. The molecule has 1 aromatic carbocycles. The Morgan fingerprint density at radius 1 is 1.12 bits per heavy atom. The lowest BCUT2D eigenvalue weighted by atomic mass is 10.1. The molecule has 5 nitrogen and oxygen atoms in total.